The average Bonchev–Trinajstić information content (AvgIpc) is 2.33. The third-order valence-corrected chi connectivity index (χ3v) is 4.65. The van der Waals surface area contributed by atoms with Gasteiger partial charge in [-0.25, -0.2) is 0 Å². The van der Waals surface area contributed by atoms with Gasteiger partial charge < -0.3 is 10.4 Å². The Hall–Kier alpha value is -1.00. The van der Waals surface area contributed by atoms with Gasteiger partial charge in [-0.15, -0.1) is 11.8 Å². The standard InChI is InChI=1S/C15H23NO2S/c1-10-6-7-11(2)13(8-10)19-12(3)9-15(4,16-5)14(17)18/h6-8,12,16H,9H2,1-5H3,(H,17,18). The van der Waals surface area contributed by atoms with Gasteiger partial charge in [-0.1, -0.05) is 24.6 Å². The van der Waals surface area contributed by atoms with E-state index in [0.717, 1.165) is 0 Å². The molecular formula is C15H23NO2S. The van der Waals surface area contributed by atoms with E-state index in [0.29, 0.717) is 6.42 Å². The Balaban J connectivity index is 2.77. The molecule has 0 heterocycles. The van der Waals surface area contributed by atoms with E-state index >= 15 is 0 Å². The fraction of sp³-hybridized carbons (Fsp3) is 0.533. The number of benzene rings is 1. The normalized spacial score (nSPS) is 15.8. The quantitative estimate of drug-likeness (QED) is 0.786. The second kappa shape index (κ2) is 6.44. The van der Waals surface area contributed by atoms with Crippen LogP contribution in [0.25, 0.3) is 0 Å². The molecule has 106 valence electrons. The molecule has 0 bridgehead atoms. The van der Waals surface area contributed by atoms with Gasteiger partial charge in [-0.05, 0) is 45.9 Å². The third kappa shape index (κ3) is 4.25. The highest BCUT2D eigenvalue weighted by Crippen LogP contribution is 2.31. The number of rotatable bonds is 6. The van der Waals surface area contributed by atoms with E-state index in [1.807, 2.05) is 0 Å². The highest BCUT2D eigenvalue weighted by molar-refractivity contribution is 8.00. The first-order valence-corrected chi connectivity index (χ1v) is 7.32. The Bertz CT molecular complexity index is 461. The smallest absolute Gasteiger partial charge is 0.323 e. The lowest BCUT2D eigenvalue weighted by atomic mass is 9.96. The number of carboxylic acid groups (broad SMARTS) is 1. The second-order valence-corrected chi connectivity index (χ2v) is 6.77. The van der Waals surface area contributed by atoms with Crippen LogP contribution in [-0.2, 0) is 4.79 Å². The summed E-state index contributed by atoms with van der Waals surface area (Å²) in [7, 11) is 1.70. The number of carbonyl (C=O) groups is 1. The lowest BCUT2D eigenvalue weighted by Crippen LogP contribution is -2.49. The van der Waals surface area contributed by atoms with Crippen LogP contribution in [0.3, 0.4) is 0 Å². The van der Waals surface area contributed by atoms with Crippen molar-refractivity contribution in [3.63, 3.8) is 0 Å². The van der Waals surface area contributed by atoms with Gasteiger partial charge in [-0.3, -0.25) is 4.79 Å². The van der Waals surface area contributed by atoms with Gasteiger partial charge in [0, 0.05) is 10.1 Å². The maximum Gasteiger partial charge on any atom is 0.323 e. The predicted octanol–water partition coefficient (Wildman–Crippen LogP) is 3.24. The summed E-state index contributed by atoms with van der Waals surface area (Å²) in [6.07, 6.45) is 0.580. The number of carboxylic acids is 1. The van der Waals surface area contributed by atoms with Crippen molar-refractivity contribution in [1.82, 2.24) is 5.32 Å². The van der Waals surface area contributed by atoms with Crippen LogP contribution in [0.5, 0.6) is 0 Å². The molecule has 19 heavy (non-hydrogen) atoms. The fourth-order valence-corrected chi connectivity index (χ4v) is 3.32. The minimum Gasteiger partial charge on any atom is -0.480 e. The summed E-state index contributed by atoms with van der Waals surface area (Å²) in [5.74, 6) is -0.802. The molecule has 2 unspecified atom stereocenters. The van der Waals surface area contributed by atoms with E-state index in [1.165, 1.54) is 16.0 Å². The van der Waals surface area contributed by atoms with Crippen LogP contribution in [0.15, 0.2) is 23.1 Å². The molecular weight excluding hydrogens is 258 g/mol. The van der Waals surface area contributed by atoms with Gasteiger partial charge >= 0.3 is 5.97 Å². The van der Waals surface area contributed by atoms with E-state index in [9.17, 15) is 9.90 Å². The molecule has 0 radical (unpaired) electrons. The molecule has 1 rings (SSSR count). The number of likely N-dealkylation sites (N-methyl/N-ethyl adjacent to an activating group) is 1. The van der Waals surface area contributed by atoms with Crippen molar-refractivity contribution in [2.75, 3.05) is 7.05 Å². The Kier molecular flexibility index (Phi) is 5.44. The van der Waals surface area contributed by atoms with Crippen molar-refractivity contribution in [3.05, 3.63) is 29.3 Å². The average molecular weight is 281 g/mol. The Labute approximate surface area is 119 Å². The van der Waals surface area contributed by atoms with Crippen molar-refractivity contribution in [3.8, 4) is 0 Å². The molecule has 0 aromatic heterocycles. The molecule has 0 spiro atoms. The first kappa shape index (κ1) is 16.1. The maximum absolute atomic E-state index is 11.3. The second-order valence-electron chi connectivity index (χ2n) is 5.29. The van der Waals surface area contributed by atoms with Crippen molar-refractivity contribution in [2.45, 2.75) is 49.8 Å². The summed E-state index contributed by atoms with van der Waals surface area (Å²) >= 11 is 1.74. The Morgan fingerprint density at radius 2 is 2.11 bits per heavy atom. The number of thioether (sulfide) groups is 1. The van der Waals surface area contributed by atoms with Crippen molar-refractivity contribution >= 4 is 17.7 Å². The zero-order valence-electron chi connectivity index (χ0n) is 12.3. The van der Waals surface area contributed by atoms with Crippen LogP contribution < -0.4 is 5.32 Å². The highest BCUT2D eigenvalue weighted by atomic mass is 32.2. The van der Waals surface area contributed by atoms with Crippen molar-refractivity contribution < 1.29 is 9.90 Å². The summed E-state index contributed by atoms with van der Waals surface area (Å²) < 4.78 is 0. The van der Waals surface area contributed by atoms with Gasteiger partial charge in [0.15, 0.2) is 0 Å². The zero-order valence-corrected chi connectivity index (χ0v) is 13.1. The lowest BCUT2D eigenvalue weighted by molar-refractivity contribution is -0.144. The molecule has 0 saturated heterocycles. The number of hydrogen-bond acceptors (Lipinski definition) is 3. The third-order valence-electron chi connectivity index (χ3n) is 3.39. The van der Waals surface area contributed by atoms with Gasteiger partial charge in [-0.2, -0.15) is 0 Å². The summed E-state index contributed by atoms with van der Waals surface area (Å²) in [4.78, 5) is 12.5. The molecule has 0 aliphatic carbocycles. The highest BCUT2D eigenvalue weighted by Gasteiger charge is 2.33. The minimum absolute atomic E-state index is 0.231. The van der Waals surface area contributed by atoms with Gasteiger partial charge in [0.25, 0.3) is 0 Å². The fourth-order valence-electron chi connectivity index (χ4n) is 1.96. The molecule has 2 N–H and O–H groups in total. The largest absolute Gasteiger partial charge is 0.480 e. The summed E-state index contributed by atoms with van der Waals surface area (Å²) in [6, 6.07) is 6.37. The lowest BCUT2D eigenvalue weighted by Gasteiger charge is -2.27. The first-order chi connectivity index (χ1) is 8.78. The monoisotopic (exact) mass is 281 g/mol. The van der Waals surface area contributed by atoms with Gasteiger partial charge in [0.1, 0.15) is 5.54 Å². The van der Waals surface area contributed by atoms with E-state index in [2.05, 4.69) is 44.3 Å². The molecule has 0 fully saturated rings. The van der Waals surface area contributed by atoms with Crippen molar-refractivity contribution in [1.29, 1.82) is 0 Å². The SMILES string of the molecule is CNC(C)(CC(C)Sc1cc(C)ccc1C)C(=O)O. The van der Waals surface area contributed by atoms with Crippen LogP contribution >= 0.6 is 11.8 Å². The predicted molar refractivity (Wildman–Crippen MR) is 81.0 cm³/mol. The van der Waals surface area contributed by atoms with Gasteiger partial charge in [0.2, 0.25) is 0 Å². The molecule has 1 aromatic rings. The van der Waals surface area contributed by atoms with Gasteiger partial charge in [0.05, 0.1) is 0 Å². The molecule has 1 aromatic carbocycles. The molecule has 2 atom stereocenters. The molecule has 0 aliphatic rings. The van der Waals surface area contributed by atoms with Crippen LogP contribution in [0.2, 0.25) is 0 Å². The summed E-state index contributed by atoms with van der Waals surface area (Å²) in [5.41, 5.74) is 1.60. The minimum atomic E-state index is -0.871. The summed E-state index contributed by atoms with van der Waals surface area (Å²) in [5, 5.41) is 12.4. The zero-order chi connectivity index (χ0) is 14.6. The van der Waals surface area contributed by atoms with E-state index in [-0.39, 0.29) is 5.25 Å². The van der Waals surface area contributed by atoms with E-state index in [1.54, 1.807) is 25.7 Å². The molecule has 0 aliphatic heterocycles. The molecule has 3 nitrogen and oxygen atoms in total. The Morgan fingerprint density at radius 1 is 1.47 bits per heavy atom. The van der Waals surface area contributed by atoms with Crippen molar-refractivity contribution in [2.24, 2.45) is 0 Å². The van der Waals surface area contributed by atoms with Crippen LogP contribution in [0.1, 0.15) is 31.4 Å². The number of nitrogens with one attached hydrogen (secondary N) is 1. The summed E-state index contributed by atoms with van der Waals surface area (Å²) in [6.45, 7) is 7.96. The first-order valence-electron chi connectivity index (χ1n) is 6.44. The van der Waals surface area contributed by atoms with Crippen LogP contribution in [0.4, 0.5) is 0 Å². The molecule has 0 saturated carbocycles. The number of aryl methyl sites for hydroxylation is 2. The van der Waals surface area contributed by atoms with Crippen LogP contribution in [-0.4, -0.2) is 28.9 Å². The van der Waals surface area contributed by atoms with Crippen LogP contribution in [0, 0.1) is 13.8 Å². The number of aliphatic carboxylic acids is 1. The maximum atomic E-state index is 11.3. The topological polar surface area (TPSA) is 49.3 Å². The molecule has 4 heteroatoms. The molecule has 0 amide bonds. The van der Waals surface area contributed by atoms with E-state index < -0.39 is 11.5 Å². The Morgan fingerprint density at radius 3 is 2.63 bits per heavy atom. The number of hydrogen-bond donors (Lipinski definition) is 2. The van der Waals surface area contributed by atoms with E-state index in [4.69, 9.17) is 0 Å².